The maximum absolute atomic E-state index is 12.3. The average molecular weight is 334 g/mol. The van der Waals surface area contributed by atoms with Crippen molar-refractivity contribution in [2.75, 3.05) is 12.3 Å². The van der Waals surface area contributed by atoms with Crippen LogP contribution in [-0.4, -0.2) is 25.7 Å². The van der Waals surface area contributed by atoms with Crippen LogP contribution in [0.5, 0.6) is 0 Å². The lowest BCUT2D eigenvalue weighted by Crippen LogP contribution is -2.46. The van der Waals surface area contributed by atoms with Gasteiger partial charge in [0.25, 0.3) is 0 Å². The van der Waals surface area contributed by atoms with E-state index in [1.807, 2.05) is 25.1 Å². The fourth-order valence-corrected chi connectivity index (χ4v) is 3.51. The number of nitrogens with one attached hydrogen (secondary N) is 1. The van der Waals surface area contributed by atoms with E-state index in [4.69, 9.17) is 5.73 Å². The van der Waals surface area contributed by atoms with Gasteiger partial charge in [-0.1, -0.05) is 24.3 Å². The van der Waals surface area contributed by atoms with Gasteiger partial charge < -0.3 is 10.8 Å². The second-order valence-corrected chi connectivity index (χ2v) is 7.93. The Morgan fingerprint density at radius 2 is 1.65 bits per heavy atom. The van der Waals surface area contributed by atoms with Gasteiger partial charge in [-0.25, -0.2) is 13.1 Å². The summed E-state index contributed by atoms with van der Waals surface area (Å²) in [6, 6.07) is 12.3. The van der Waals surface area contributed by atoms with Crippen LogP contribution in [0.1, 0.15) is 19.4 Å². The number of aryl methyl sites for hydroxylation is 1. The number of hydrogen-bond donors (Lipinski definition) is 3. The van der Waals surface area contributed by atoms with Crippen LogP contribution in [0.3, 0.4) is 0 Å². The summed E-state index contributed by atoms with van der Waals surface area (Å²) in [6.07, 6.45) is 0. The summed E-state index contributed by atoms with van der Waals surface area (Å²) in [6.45, 7) is 4.89. The largest absolute Gasteiger partial charge is 0.398 e. The van der Waals surface area contributed by atoms with Crippen molar-refractivity contribution in [2.45, 2.75) is 31.2 Å². The predicted octanol–water partition coefficient (Wildman–Crippen LogP) is 2.29. The Bertz CT molecular complexity index is 797. The van der Waals surface area contributed by atoms with Crippen LogP contribution < -0.4 is 10.5 Å². The molecule has 2 rings (SSSR count). The smallest absolute Gasteiger partial charge is 0.241 e. The summed E-state index contributed by atoms with van der Waals surface area (Å²) >= 11 is 0. The van der Waals surface area contributed by atoms with Gasteiger partial charge in [0.05, 0.1) is 17.0 Å². The van der Waals surface area contributed by atoms with Gasteiger partial charge >= 0.3 is 0 Å². The zero-order valence-corrected chi connectivity index (χ0v) is 14.3. The first-order chi connectivity index (χ1) is 10.6. The Labute approximate surface area is 137 Å². The van der Waals surface area contributed by atoms with Crippen LogP contribution in [0.4, 0.5) is 5.69 Å². The van der Waals surface area contributed by atoms with E-state index < -0.39 is 15.6 Å². The van der Waals surface area contributed by atoms with Gasteiger partial charge in [0.1, 0.15) is 0 Å². The molecule has 4 N–H and O–H groups in total. The van der Waals surface area contributed by atoms with E-state index in [0.29, 0.717) is 5.69 Å². The van der Waals surface area contributed by atoms with E-state index in [0.717, 1.165) is 16.7 Å². The number of anilines is 1. The highest BCUT2D eigenvalue weighted by atomic mass is 32.2. The highest BCUT2D eigenvalue weighted by Crippen LogP contribution is 2.25. The fraction of sp³-hybridized carbons (Fsp3) is 0.294. The van der Waals surface area contributed by atoms with E-state index in [1.54, 1.807) is 38.1 Å². The molecule has 2 aromatic rings. The Morgan fingerprint density at radius 3 is 2.17 bits per heavy atom. The van der Waals surface area contributed by atoms with Crippen LogP contribution in [0.25, 0.3) is 11.1 Å². The molecule has 124 valence electrons. The summed E-state index contributed by atoms with van der Waals surface area (Å²) < 4.78 is 27.1. The zero-order valence-electron chi connectivity index (χ0n) is 13.5. The summed E-state index contributed by atoms with van der Waals surface area (Å²) in [5.74, 6) is 0. The number of aliphatic hydroxyl groups excluding tert-OH is 1. The van der Waals surface area contributed by atoms with Gasteiger partial charge in [0.15, 0.2) is 0 Å². The lowest BCUT2D eigenvalue weighted by molar-refractivity contribution is 0.208. The fourth-order valence-electron chi connectivity index (χ4n) is 2.10. The SMILES string of the molecule is Cc1ccc(-c2ccc(S(=O)(=O)NC(C)(C)CO)cc2)cc1N. The van der Waals surface area contributed by atoms with Crippen molar-refractivity contribution in [2.24, 2.45) is 0 Å². The normalized spacial score (nSPS) is 12.3. The number of sulfonamides is 1. The number of hydrogen-bond acceptors (Lipinski definition) is 4. The Balaban J connectivity index is 2.30. The molecule has 0 radical (unpaired) electrons. The van der Waals surface area contributed by atoms with Crippen molar-refractivity contribution in [1.29, 1.82) is 0 Å². The molecule has 0 aliphatic heterocycles. The highest BCUT2D eigenvalue weighted by molar-refractivity contribution is 7.89. The Kier molecular flexibility index (Phi) is 4.79. The first-order valence-electron chi connectivity index (χ1n) is 7.26. The molecule has 0 saturated carbocycles. The molecule has 0 aliphatic carbocycles. The standard InChI is InChI=1S/C17H22N2O3S/c1-12-4-5-14(10-16(12)18)13-6-8-15(9-7-13)23(21,22)19-17(2,3)11-20/h4-10,19-20H,11,18H2,1-3H3. The van der Waals surface area contributed by atoms with Gasteiger partial charge in [0, 0.05) is 5.69 Å². The number of benzene rings is 2. The van der Waals surface area contributed by atoms with Crippen molar-refractivity contribution in [3.05, 3.63) is 48.0 Å². The molecule has 0 unspecified atom stereocenters. The second-order valence-electron chi connectivity index (χ2n) is 6.24. The van der Waals surface area contributed by atoms with Gasteiger partial charge in [-0.2, -0.15) is 0 Å². The van der Waals surface area contributed by atoms with E-state index in [1.165, 1.54) is 0 Å². The van der Waals surface area contributed by atoms with E-state index >= 15 is 0 Å². The molecule has 0 fully saturated rings. The molecular weight excluding hydrogens is 312 g/mol. The molecule has 0 atom stereocenters. The van der Waals surface area contributed by atoms with Crippen LogP contribution in [0.15, 0.2) is 47.4 Å². The third-order valence-corrected chi connectivity index (χ3v) is 5.30. The van der Waals surface area contributed by atoms with Gasteiger partial charge in [0.2, 0.25) is 10.0 Å². The minimum Gasteiger partial charge on any atom is -0.398 e. The molecule has 0 amide bonds. The lowest BCUT2D eigenvalue weighted by Gasteiger charge is -2.23. The molecule has 0 saturated heterocycles. The molecule has 5 nitrogen and oxygen atoms in total. The van der Waals surface area contributed by atoms with Crippen LogP contribution >= 0.6 is 0 Å². The third kappa shape index (κ3) is 4.10. The molecule has 0 aromatic heterocycles. The van der Waals surface area contributed by atoms with Gasteiger partial charge in [-0.15, -0.1) is 0 Å². The molecule has 23 heavy (non-hydrogen) atoms. The Morgan fingerprint density at radius 1 is 1.09 bits per heavy atom. The number of nitrogen functional groups attached to an aromatic ring is 1. The molecule has 2 aromatic carbocycles. The Hall–Kier alpha value is -1.89. The van der Waals surface area contributed by atoms with E-state index in [-0.39, 0.29) is 11.5 Å². The van der Waals surface area contributed by atoms with Crippen molar-refractivity contribution < 1.29 is 13.5 Å². The first kappa shape index (κ1) is 17.5. The number of rotatable bonds is 5. The second kappa shape index (κ2) is 6.31. The molecular formula is C17H22N2O3S. The predicted molar refractivity (Wildman–Crippen MR) is 92.5 cm³/mol. The topological polar surface area (TPSA) is 92.4 Å². The van der Waals surface area contributed by atoms with Crippen LogP contribution in [0, 0.1) is 6.92 Å². The summed E-state index contributed by atoms with van der Waals surface area (Å²) in [7, 11) is -3.68. The van der Waals surface area contributed by atoms with Gasteiger partial charge in [-0.05, 0) is 55.7 Å². The summed E-state index contributed by atoms with van der Waals surface area (Å²) in [5.41, 5.74) is 8.52. The van der Waals surface area contributed by atoms with Crippen molar-refractivity contribution in [3.8, 4) is 11.1 Å². The summed E-state index contributed by atoms with van der Waals surface area (Å²) in [4.78, 5) is 0.155. The molecule has 0 aliphatic rings. The van der Waals surface area contributed by atoms with E-state index in [2.05, 4.69) is 4.72 Å². The van der Waals surface area contributed by atoms with Crippen LogP contribution in [0.2, 0.25) is 0 Å². The third-order valence-electron chi connectivity index (χ3n) is 3.58. The van der Waals surface area contributed by atoms with Gasteiger partial charge in [-0.3, -0.25) is 0 Å². The quantitative estimate of drug-likeness (QED) is 0.732. The number of aliphatic hydroxyl groups is 1. The zero-order chi connectivity index (χ0) is 17.3. The van der Waals surface area contributed by atoms with Crippen molar-refractivity contribution >= 4 is 15.7 Å². The number of nitrogens with two attached hydrogens (primary N) is 1. The van der Waals surface area contributed by atoms with E-state index in [9.17, 15) is 13.5 Å². The minimum atomic E-state index is -3.68. The molecule has 0 heterocycles. The highest BCUT2D eigenvalue weighted by Gasteiger charge is 2.25. The molecule has 6 heteroatoms. The monoisotopic (exact) mass is 334 g/mol. The van der Waals surface area contributed by atoms with Crippen molar-refractivity contribution in [1.82, 2.24) is 4.72 Å². The van der Waals surface area contributed by atoms with Crippen molar-refractivity contribution in [3.63, 3.8) is 0 Å². The molecule has 0 spiro atoms. The molecule has 0 bridgehead atoms. The maximum Gasteiger partial charge on any atom is 0.241 e. The first-order valence-corrected chi connectivity index (χ1v) is 8.74. The lowest BCUT2D eigenvalue weighted by atomic mass is 10.0. The average Bonchev–Trinajstić information content (AvgIpc) is 2.49. The maximum atomic E-state index is 12.3. The van der Waals surface area contributed by atoms with Crippen LogP contribution in [-0.2, 0) is 10.0 Å². The minimum absolute atomic E-state index is 0.155. The summed E-state index contributed by atoms with van der Waals surface area (Å²) in [5, 5.41) is 9.21.